The maximum Gasteiger partial charge on any atom is 0.222 e. The number of benzene rings is 1. The fraction of sp³-hybridized carbons (Fsp3) is 0.231. The van der Waals surface area contributed by atoms with Crippen LogP contribution in [-0.2, 0) is 27.1 Å². The van der Waals surface area contributed by atoms with E-state index < -0.39 is 10.8 Å². The Labute approximate surface area is 113 Å². The number of aromatic nitrogens is 2. The zero-order valence-electron chi connectivity index (χ0n) is 10.4. The van der Waals surface area contributed by atoms with Crippen molar-refractivity contribution in [1.82, 2.24) is 9.78 Å². The molecule has 1 aliphatic heterocycles. The van der Waals surface area contributed by atoms with Crippen LogP contribution in [0.4, 0.5) is 5.82 Å². The van der Waals surface area contributed by atoms with Crippen LogP contribution in [0.15, 0.2) is 30.3 Å². The van der Waals surface area contributed by atoms with Crippen molar-refractivity contribution < 1.29 is 9.00 Å². The predicted octanol–water partition coefficient (Wildman–Crippen LogP) is 1.59. The highest BCUT2D eigenvalue weighted by Gasteiger charge is 2.27. The Balaban J connectivity index is 2.13. The van der Waals surface area contributed by atoms with Crippen molar-refractivity contribution in [2.45, 2.75) is 18.4 Å². The molecule has 2 aromatic rings. The minimum absolute atomic E-state index is 0.155. The number of nitrogens with zero attached hydrogens (tertiary/aromatic N) is 2. The zero-order chi connectivity index (χ0) is 13.4. The Kier molecular flexibility index (Phi) is 2.94. The summed E-state index contributed by atoms with van der Waals surface area (Å²) in [6.45, 7) is 1.46. The van der Waals surface area contributed by atoms with Gasteiger partial charge in [0.2, 0.25) is 5.91 Å². The van der Waals surface area contributed by atoms with Gasteiger partial charge in [0.1, 0.15) is 5.82 Å². The molecule has 6 heteroatoms. The van der Waals surface area contributed by atoms with Gasteiger partial charge >= 0.3 is 0 Å². The van der Waals surface area contributed by atoms with Crippen molar-refractivity contribution in [3.63, 3.8) is 0 Å². The molecule has 0 aliphatic carbocycles. The summed E-state index contributed by atoms with van der Waals surface area (Å²) >= 11 is 0. The Bertz CT molecular complexity index is 664. The van der Waals surface area contributed by atoms with E-state index in [0.717, 1.165) is 16.9 Å². The van der Waals surface area contributed by atoms with Gasteiger partial charge in [-0.3, -0.25) is 9.00 Å². The lowest BCUT2D eigenvalue weighted by molar-refractivity contribution is -0.114. The smallest absolute Gasteiger partial charge is 0.222 e. The Morgan fingerprint density at radius 2 is 2.05 bits per heavy atom. The second-order valence-electron chi connectivity index (χ2n) is 4.43. The molecule has 2 heterocycles. The largest absolute Gasteiger partial charge is 0.311 e. The van der Waals surface area contributed by atoms with Gasteiger partial charge in [-0.15, -0.1) is 0 Å². The summed E-state index contributed by atoms with van der Waals surface area (Å²) in [5, 5.41) is 7.27. The highest BCUT2D eigenvalue weighted by atomic mass is 32.2. The third-order valence-electron chi connectivity index (χ3n) is 2.96. The van der Waals surface area contributed by atoms with Crippen molar-refractivity contribution >= 4 is 22.5 Å². The van der Waals surface area contributed by atoms with Crippen molar-refractivity contribution in [3.8, 4) is 5.69 Å². The summed E-state index contributed by atoms with van der Waals surface area (Å²) < 4.78 is 13.3. The van der Waals surface area contributed by atoms with E-state index in [0.29, 0.717) is 17.3 Å². The number of amides is 1. The van der Waals surface area contributed by atoms with Crippen LogP contribution in [0, 0.1) is 0 Å². The average Bonchev–Trinajstić information content (AvgIpc) is 2.88. The summed E-state index contributed by atoms with van der Waals surface area (Å²) in [5.74, 6) is 1.40. The molecule has 0 spiro atoms. The number of fused-ring (bicyclic) bond motifs is 1. The van der Waals surface area contributed by atoms with E-state index in [4.69, 9.17) is 0 Å². The number of para-hydroxylation sites is 1. The fourth-order valence-corrected chi connectivity index (χ4v) is 3.44. The molecule has 1 aromatic carbocycles. The van der Waals surface area contributed by atoms with Crippen LogP contribution in [-0.4, -0.2) is 19.9 Å². The lowest BCUT2D eigenvalue weighted by atomic mass is 10.2. The molecule has 1 amide bonds. The molecule has 1 aromatic heterocycles. The van der Waals surface area contributed by atoms with Gasteiger partial charge < -0.3 is 5.32 Å². The van der Waals surface area contributed by atoms with Gasteiger partial charge in [-0.1, -0.05) is 18.2 Å². The minimum atomic E-state index is -0.905. The second-order valence-corrected chi connectivity index (χ2v) is 5.89. The van der Waals surface area contributed by atoms with Crippen LogP contribution in [0.5, 0.6) is 0 Å². The number of hydrogen-bond acceptors (Lipinski definition) is 3. The molecule has 1 aliphatic rings. The highest BCUT2D eigenvalue weighted by molar-refractivity contribution is 7.83. The molecular formula is C13H13N3O2S. The molecule has 98 valence electrons. The van der Waals surface area contributed by atoms with Gasteiger partial charge in [-0.05, 0) is 12.1 Å². The molecule has 3 rings (SSSR count). The van der Waals surface area contributed by atoms with Crippen LogP contribution >= 0.6 is 0 Å². The predicted molar refractivity (Wildman–Crippen MR) is 73.4 cm³/mol. The summed E-state index contributed by atoms with van der Waals surface area (Å²) in [5.41, 5.74) is 2.58. The fourth-order valence-electron chi connectivity index (χ4n) is 2.18. The monoisotopic (exact) mass is 275 g/mol. The first-order valence-corrected chi connectivity index (χ1v) is 7.42. The maximum absolute atomic E-state index is 11.6. The number of nitrogens with one attached hydrogen (secondary N) is 1. The zero-order valence-corrected chi connectivity index (χ0v) is 11.2. The third kappa shape index (κ3) is 2.19. The standard InChI is InChI=1S/C13H13N3O2S/c1-9(17)14-13-11-7-19(18)8-12(11)15-16(13)10-5-3-2-4-6-10/h2-6H,7-8H2,1H3,(H,14,17)/t19-/m1/s1. The van der Waals surface area contributed by atoms with Gasteiger partial charge in [-0.25, -0.2) is 4.68 Å². The van der Waals surface area contributed by atoms with Crippen molar-refractivity contribution in [2.75, 3.05) is 5.32 Å². The summed E-state index contributed by atoms with van der Waals surface area (Å²) in [4.78, 5) is 11.3. The highest BCUT2D eigenvalue weighted by Crippen LogP contribution is 2.31. The van der Waals surface area contributed by atoms with E-state index in [1.807, 2.05) is 30.3 Å². The van der Waals surface area contributed by atoms with E-state index >= 15 is 0 Å². The van der Waals surface area contributed by atoms with Crippen LogP contribution in [0.2, 0.25) is 0 Å². The van der Waals surface area contributed by atoms with E-state index in [1.165, 1.54) is 6.92 Å². The van der Waals surface area contributed by atoms with Crippen molar-refractivity contribution in [3.05, 3.63) is 41.6 Å². The SMILES string of the molecule is CC(=O)Nc1c2c(nn1-c1ccccc1)C[S@](=O)C2. The molecule has 1 N–H and O–H groups in total. The van der Waals surface area contributed by atoms with Crippen molar-refractivity contribution in [2.24, 2.45) is 0 Å². The first-order valence-electron chi connectivity index (χ1n) is 5.94. The quantitative estimate of drug-likeness (QED) is 0.905. The number of carbonyl (C=O) groups excluding carboxylic acids is 1. The number of rotatable bonds is 2. The molecule has 0 saturated carbocycles. The van der Waals surface area contributed by atoms with E-state index in [2.05, 4.69) is 10.4 Å². The maximum atomic E-state index is 11.6. The molecule has 1 atom stereocenters. The lowest BCUT2D eigenvalue weighted by Gasteiger charge is -2.09. The van der Waals surface area contributed by atoms with Gasteiger partial charge in [0.25, 0.3) is 0 Å². The molecule has 0 unspecified atom stereocenters. The van der Waals surface area contributed by atoms with E-state index in [9.17, 15) is 9.00 Å². The van der Waals surface area contributed by atoms with E-state index in [-0.39, 0.29) is 5.91 Å². The Morgan fingerprint density at radius 3 is 2.74 bits per heavy atom. The second kappa shape index (κ2) is 4.62. The van der Waals surface area contributed by atoms with E-state index in [1.54, 1.807) is 4.68 Å². The minimum Gasteiger partial charge on any atom is -0.311 e. The summed E-state index contributed by atoms with van der Waals surface area (Å²) in [6, 6.07) is 9.60. The van der Waals surface area contributed by atoms with Crippen LogP contribution in [0.3, 0.4) is 0 Å². The first-order chi connectivity index (χ1) is 9.15. The molecule has 0 radical (unpaired) electrons. The van der Waals surface area contributed by atoms with Gasteiger partial charge in [-0.2, -0.15) is 5.10 Å². The van der Waals surface area contributed by atoms with Gasteiger partial charge in [0.15, 0.2) is 0 Å². The lowest BCUT2D eigenvalue weighted by Crippen LogP contribution is -2.12. The third-order valence-corrected chi connectivity index (χ3v) is 4.17. The normalized spacial score (nSPS) is 17.2. The number of hydrogen-bond donors (Lipinski definition) is 1. The summed E-state index contributed by atoms with van der Waals surface area (Å²) in [7, 11) is -0.905. The van der Waals surface area contributed by atoms with Gasteiger partial charge in [0, 0.05) is 23.3 Å². The summed E-state index contributed by atoms with van der Waals surface area (Å²) in [6.07, 6.45) is 0. The molecular weight excluding hydrogens is 262 g/mol. The number of carbonyl (C=O) groups is 1. The van der Waals surface area contributed by atoms with Crippen LogP contribution in [0.25, 0.3) is 5.69 Å². The number of anilines is 1. The van der Waals surface area contributed by atoms with Crippen LogP contribution in [0.1, 0.15) is 18.2 Å². The van der Waals surface area contributed by atoms with Gasteiger partial charge in [0.05, 0.1) is 22.9 Å². The molecule has 0 fully saturated rings. The topological polar surface area (TPSA) is 64.0 Å². The van der Waals surface area contributed by atoms with Crippen LogP contribution < -0.4 is 5.32 Å². The average molecular weight is 275 g/mol. The Morgan fingerprint density at radius 1 is 1.32 bits per heavy atom. The molecule has 19 heavy (non-hydrogen) atoms. The first kappa shape index (κ1) is 12.1. The molecule has 0 saturated heterocycles. The van der Waals surface area contributed by atoms with Crippen molar-refractivity contribution in [1.29, 1.82) is 0 Å². The Hall–Kier alpha value is -1.95. The molecule has 5 nitrogen and oxygen atoms in total. The molecule has 0 bridgehead atoms.